The van der Waals surface area contributed by atoms with E-state index < -0.39 is 5.97 Å². The molecule has 0 bridgehead atoms. The lowest BCUT2D eigenvalue weighted by atomic mass is 10.1. The minimum atomic E-state index is -1.01. The standard InChI is InChI=1S/C19H15BrN2O3S/c1-10-3-4-13(18(24)25)9-15(10)21-19-22-17(23)16(26-19)11(2)12-5-7-14(20)8-6-12/h3-9H,1-2H3,(H,24,25)(H,21,22,23)/b16-11-. The van der Waals surface area contributed by atoms with E-state index in [1.54, 1.807) is 6.07 Å². The van der Waals surface area contributed by atoms with Gasteiger partial charge in [0.1, 0.15) is 0 Å². The molecule has 1 heterocycles. The van der Waals surface area contributed by atoms with Gasteiger partial charge in [-0.1, -0.05) is 34.1 Å². The highest BCUT2D eigenvalue weighted by Gasteiger charge is 2.26. The van der Waals surface area contributed by atoms with Crippen LogP contribution in [0.5, 0.6) is 0 Å². The number of benzene rings is 2. The number of carboxylic acids is 1. The summed E-state index contributed by atoms with van der Waals surface area (Å²) in [5.41, 5.74) is 3.33. The number of nitrogens with one attached hydrogen (secondary N) is 1. The summed E-state index contributed by atoms with van der Waals surface area (Å²) in [6, 6.07) is 12.5. The van der Waals surface area contributed by atoms with Gasteiger partial charge in [-0.3, -0.25) is 4.79 Å². The lowest BCUT2D eigenvalue weighted by Gasteiger charge is -2.04. The van der Waals surface area contributed by atoms with Gasteiger partial charge < -0.3 is 10.4 Å². The molecule has 5 nitrogen and oxygen atoms in total. The van der Waals surface area contributed by atoms with E-state index in [2.05, 4.69) is 26.2 Å². The van der Waals surface area contributed by atoms with Gasteiger partial charge in [-0.05, 0) is 66.6 Å². The molecule has 0 atom stereocenters. The second-order valence-electron chi connectivity index (χ2n) is 5.74. The van der Waals surface area contributed by atoms with Gasteiger partial charge in [0.05, 0.1) is 16.2 Å². The Morgan fingerprint density at radius 1 is 1.15 bits per heavy atom. The predicted molar refractivity (Wildman–Crippen MR) is 108 cm³/mol. The summed E-state index contributed by atoms with van der Waals surface area (Å²) in [6.07, 6.45) is 0. The molecular weight excluding hydrogens is 416 g/mol. The van der Waals surface area contributed by atoms with E-state index in [0.29, 0.717) is 15.8 Å². The maximum Gasteiger partial charge on any atom is 0.335 e. The SMILES string of the molecule is C/C(=C1/SC(=Nc2cc(C(=O)O)ccc2C)NC1=O)c1ccc(Br)cc1. The number of hydrogen-bond donors (Lipinski definition) is 2. The van der Waals surface area contributed by atoms with Crippen molar-refractivity contribution in [2.24, 2.45) is 4.99 Å². The van der Waals surface area contributed by atoms with Gasteiger partial charge in [0.2, 0.25) is 0 Å². The first kappa shape index (κ1) is 18.4. The van der Waals surface area contributed by atoms with Crippen LogP contribution in [0.25, 0.3) is 5.57 Å². The third kappa shape index (κ3) is 3.89. The number of aryl methyl sites for hydroxylation is 1. The first-order valence-electron chi connectivity index (χ1n) is 7.74. The molecule has 26 heavy (non-hydrogen) atoms. The van der Waals surface area contributed by atoms with Crippen molar-refractivity contribution in [1.82, 2.24) is 5.32 Å². The Morgan fingerprint density at radius 3 is 2.46 bits per heavy atom. The van der Waals surface area contributed by atoms with Gasteiger partial charge in [-0.15, -0.1) is 0 Å². The normalized spacial score (nSPS) is 17.3. The summed E-state index contributed by atoms with van der Waals surface area (Å²) in [6.45, 7) is 3.74. The lowest BCUT2D eigenvalue weighted by Crippen LogP contribution is -2.19. The number of rotatable bonds is 3. The van der Waals surface area contributed by atoms with Crippen molar-refractivity contribution < 1.29 is 14.7 Å². The van der Waals surface area contributed by atoms with Gasteiger partial charge >= 0.3 is 5.97 Å². The second kappa shape index (κ2) is 7.47. The molecular formula is C19H15BrN2O3S. The van der Waals surface area contributed by atoms with Crippen LogP contribution in [-0.4, -0.2) is 22.2 Å². The highest BCUT2D eigenvalue weighted by Crippen LogP contribution is 2.33. The molecule has 1 aliphatic rings. The summed E-state index contributed by atoms with van der Waals surface area (Å²) in [4.78, 5) is 28.5. The third-order valence-electron chi connectivity index (χ3n) is 3.92. The fourth-order valence-corrected chi connectivity index (χ4v) is 3.58. The van der Waals surface area contributed by atoms with Crippen LogP contribution in [0.2, 0.25) is 0 Å². The van der Waals surface area contributed by atoms with Gasteiger partial charge in [-0.25, -0.2) is 9.79 Å². The van der Waals surface area contributed by atoms with Crippen molar-refractivity contribution in [3.8, 4) is 0 Å². The van der Waals surface area contributed by atoms with Crippen LogP contribution in [0, 0.1) is 6.92 Å². The van der Waals surface area contributed by atoms with E-state index in [4.69, 9.17) is 5.11 Å². The molecule has 1 aliphatic heterocycles. The zero-order valence-corrected chi connectivity index (χ0v) is 16.4. The van der Waals surface area contributed by atoms with Crippen LogP contribution in [0.1, 0.15) is 28.4 Å². The molecule has 1 saturated heterocycles. The Balaban J connectivity index is 1.93. The number of allylic oxidation sites excluding steroid dienone is 1. The summed E-state index contributed by atoms with van der Waals surface area (Å²) in [5.74, 6) is -1.22. The van der Waals surface area contributed by atoms with Crippen LogP contribution in [0.3, 0.4) is 0 Å². The molecule has 0 radical (unpaired) electrons. The number of carbonyl (C=O) groups excluding carboxylic acids is 1. The number of nitrogens with zero attached hydrogens (tertiary/aromatic N) is 1. The van der Waals surface area contributed by atoms with Crippen molar-refractivity contribution in [2.45, 2.75) is 13.8 Å². The van der Waals surface area contributed by atoms with Crippen LogP contribution in [0.15, 0.2) is 56.8 Å². The van der Waals surface area contributed by atoms with Crippen molar-refractivity contribution in [1.29, 1.82) is 0 Å². The molecule has 1 amide bonds. The summed E-state index contributed by atoms with van der Waals surface area (Å²) < 4.78 is 0.971. The van der Waals surface area contributed by atoms with Gasteiger partial charge in [0.25, 0.3) is 5.91 Å². The highest BCUT2D eigenvalue weighted by molar-refractivity contribution is 9.10. The Bertz CT molecular complexity index is 965. The molecule has 0 aromatic heterocycles. The fourth-order valence-electron chi connectivity index (χ4n) is 2.42. The predicted octanol–water partition coefficient (Wildman–Crippen LogP) is 4.74. The van der Waals surface area contributed by atoms with E-state index in [0.717, 1.165) is 21.2 Å². The van der Waals surface area contributed by atoms with Crippen LogP contribution in [-0.2, 0) is 4.79 Å². The molecule has 2 aromatic carbocycles. The Labute approximate surface area is 163 Å². The zero-order valence-electron chi connectivity index (χ0n) is 14.0. The number of carbonyl (C=O) groups is 2. The van der Waals surface area contributed by atoms with E-state index in [1.807, 2.05) is 38.1 Å². The van der Waals surface area contributed by atoms with Crippen LogP contribution < -0.4 is 5.32 Å². The molecule has 0 saturated carbocycles. The number of aliphatic imine (C=N–C) groups is 1. The molecule has 3 rings (SSSR count). The first-order valence-corrected chi connectivity index (χ1v) is 9.35. The Hall–Kier alpha value is -2.38. The molecule has 7 heteroatoms. The number of aromatic carboxylic acids is 1. The van der Waals surface area contributed by atoms with Gasteiger partial charge in [0.15, 0.2) is 5.17 Å². The number of thioether (sulfide) groups is 1. The van der Waals surface area contributed by atoms with Crippen molar-refractivity contribution in [3.05, 3.63) is 68.5 Å². The number of hydrogen-bond acceptors (Lipinski definition) is 4. The quantitative estimate of drug-likeness (QED) is 0.689. The van der Waals surface area contributed by atoms with E-state index in [9.17, 15) is 9.59 Å². The number of halogens is 1. The van der Waals surface area contributed by atoms with E-state index in [-0.39, 0.29) is 11.5 Å². The number of amides is 1. The maximum atomic E-state index is 12.3. The maximum absolute atomic E-state index is 12.3. The number of carboxylic acid groups (broad SMARTS) is 1. The average Bonchev–Trinajstić information content (AvgIpc) is 2.97. The smallest absolute Gasteiger partial charge is 0.335 e. The summed E-state index contributed by atoms with van der Waals surface area (Å²) in [5, 5.41) is 12.3. The minimum absolute atomic E-state index is 0.158. The summed E-state index contributed by atoms with van der Waals surface area (Å²) in [7, 11) is 0. The van der Waals surface area contributed by atoms with Crippen molar-refractivity contribution >= 4 is 56.0 Å². The molecule has 2 N–H and O–H groups in total. The molecule has 2 aromatic rings. The lowest BCUT2D eigenvalue weighted by molar-refractivity contribution is -0.115. The minimum Gasteiger partial charge on any atom is -0.478 e. The third-order valence-corrected chi connectivity index (χ3v) is 5.53. The van der Waals surface area contributed by atoms with Gasteiger partial charge in [0, 0.05) is 4.47 Å². The van der Waals surface area contributed by atoms with Crippen LogP contribution in [0.4, 0.5) is 5.69 Å². The molecule has 1 fully saturated rings. The van der Waals surface area contributed by atoms with Crippen LogP contribution >= 0.6 is 27.7 Å². The van der Waals surface area contributed by atoms with Gasteiger partial charge in [-0.2, -0.15) is 0 Å². The molecule has 132 valence electrons. The average molecular weight is 431 g/mol. The topological polar surface area (TPSA) is 78.8 Å². The fraction of sp³-hybridized carbons (Fsp3) is 0.105. The molecule has 0 spiro atoms. The molecule has 0 unspecified atom stereocenters. The largest absolute Gasteiger partial charge is 0.478 e. The monoisotopic (exact) mass is 430 g/mol. The zero-order chi connectivity index (χ0) is 18.8. The van der Waals surface area contributed by atoms with Crippen molar-refractivity contribution in [2.75, 3.05) is 0 Å². The van der Waals surface area contributed by atoms with E-state index in [1.165, 1.54) is 23.9 Å². The Kier molecular flexibility index (Phi) is 5.29. The van der Waals surface area contributed by atoms with E-state index >= 15 is 0 Å². The second-order valence-corrected chi connectivity index (χ2v) is 7.66. The number of amidine groups is 1. The first-order chi connectivity index (χ1) is 12.3. The Morgan fingerprint density at radius 2 is 1.81 bits per heavy atom. The summed E-state index contributed by atoms with van der Waals surface area (Å²) >= 11 is 4.65. The highest BCUT2D eigenvalue weighted by atomic mass is 79.9. The van der Waals surface area contributed by atoms with Crippen molar-refractivity contribution in [3.63, 3.8) is 0 Å². The molecule has 0 aliphatic carbocycles.